The van der Waals surface area contributed by atoms with Gasteiger partial charge in [0.1, 0.15) is 17.4 Å². The Kier molecular flexibility index (Phi) is 5.58. The maximum atomic E-state index is 13.0. The van der Waals surface area contributed by atoms with E-state index < -0.39 is 29.7 Å². The largest absolute Gasteiger partial charge is 0.480 e. The SMILES string of the molecule is CCc1nc2ccc(C(F)(F)F)cn2c1C(=O)NC(CC(C)C)C(=O)O. The fraction of sp³-hybridized carbons (Fsp3) is 0.471. The highest BCUT2D eigenvalue weighted by Gasteiger charge is 2.32. The molecule has 2 aromatic heterocycles. The van der Waals surface area contributed by atoms with Crippen molar-refractivity contribution >= 4 is 17.5 Å². The van der Waals surface area contributed by atoms with Crippen LogP contribution in [0.3, 0.4) is 0 Å². The molecule has 26 heavy (non-hydrogen) atoms. The normalized spacial score (nSPS) is 13.2. The van der Waals surface area contributed by atoms with Gasteiger partial charge < -0.3 is 10.4 Å². The molecule has 1 atom stereocenters. The molecular weight excluding hydrogens is 351 g/mol. The number of aliphatic carboxylic acids is 1. The number of pyridine rings is 1. The van der Waals surface area contributed by atoms with Gasteiger partial charge in [-0.2, -0.15) is 13.2 Å². The first-order chi connectivity index (χ1) is 12.0. The Morgan fingerprint density at radius 2 is 1.96 bits per heavy atom. The van der Waals surface area contributed by atoms with Gasteiger partial charge in [-0.25, -0.2) is 9.78 Å². The number of halogens is 3. The molecule has 0 fully saturated rings. The molecule has 142 valence electrons. The molecule has 2 N–H and O–H groups in total. The van der Waals surface area contributed by atoms with Crippen LogP contribution in [0.15, 0.2) is 18.3 Å². The molecule has 9 heteroatoms. The lowest BCUT2D eigenvalue weighted by Crippen LogP contribution is -2.42. The summed E-state index contributed by atoms with van der Waals surface area (Å²) in [7, 11) is 0. The van der Waals surface area contributed by atoms with Crippen LogP contribution in [-0.2, 0) is 17.4 Å². The zero-order valence-corrected chi connectivity index (χ0v) is 14.6. The van der Waals surface area contributed by atoms with E-state index >= 15 is 0 Å². The molecule has 2 heterocycles. The quantitative estimate of drug-likeness (QED) is 0.817. The molecule has 2 aromatic rings. The van der Waals surface area contributed by atoms with Gasteiger partial charge in [0.2, 0.25) is 0 Å². The van der Waals surface area contributed by atoms with E-state index in [2.05, 4.69) is 10.3 Å². The lowest BCUT2D eigenvalue weighted by molar-refractivity contribution is -0.140. The molecule has 0 spiro atoms. The van der Waals surface area contributed by atoms with Crippen molar-refractivity contribution in [2.75, 3.05) is 0 Å². The van der Waals surface area contributed by atoms with Crippen molar-refractivity contribution in [3.63, 3.8) is 0 Å². The minimum Gasteiger partial charge on any atom is -0.480 e. The number of fused-ring (bicyclic) bond motifs is 1. The van der Waals surface area contributed by atoms with Crippen LogP contribution < -0.4 is 5.32 Å². The number of alkyl halides is 3. The molecule has 0 radical (unpaired) electrons. The summed E-state index contributed by atoms with van der Waals surface area (Å²) in [5, 5.41) is 11.7. The Bertz CT molecular complexity index is 828. The number of hydrogen-bond donors (Lipinski definition) is 2. The van der Waals surface area contributed by atoms with Gasteiger partial charge in [0.15, 0.2) is 0 Å². The average molecular weight is 371 g/mol. The minimum atomic E-state index is -4.57. The fourth-order valence-corrected chi connectivity index (χ4v) is 2.67. The first-order valence-corrected chi connectivity index (χ1v) is 8.16. The van der Waals surface area contributed by atoms with Crippen LogP contribution >= 0.6 is 0 Å². The van der Waals surface area contributed by atoms with Crippen molar-refractivity contribution in [3.05, 3.63) is 35.3 Å². The third-order valence-corrected chi connectivity index (χ3v) is 3.88. The van der Waals surface area contributed by atoms with Crippen molar-refractivity contribution in [3.8, 4) is 0 Å². The lowest BCUT2D eigenvalue weighted by Gasteiger charge is -2.17. The summed E-state index contributed by atoms with van der Waals surface area (Å²) >= 11 is 0. The summed E-state index contributed by atoms with van der Waals surface area (Å²) in [6, 6.07) is 0.938. The van der Waals surface area contributed by atoms with Crippen LogP contribution in [0.25, 0.3) is 5.65 Å². The Labute approximate surface area is 148 Å². The van der Waals surface area contributed by atoms with Gasteiger partial charge in [0.25, 0.3) is 5.91 Å². The van der Waals surface area contributed by atoms with Gasteiger partial charge in [0, 0.05) is 6.20 Å². The molecule has 0 aliphatic heterocycles. The summed E-state index contributed by atoms with van der Waals surface area (Å²) in [6.45, 7) is 5.33. The summed E-state index contributed by atoms with van der Waals surface area (Å²) in [5.74, 6) is -1.95. The smallest absolute Gasteiger partial charge is 0.417 e. The van der Waals surface area contributed by atoms with Crippen LogP contribution in [0.1, 0.15) is 48.9 Å². The van der Waals surface area contributed by atoms with Gasteiger partial charge in [-0.3, -0.25) is 9.20 Å². The lowest BCUT2D eigenvalue weighted by atomic mass is 10.0. The number of nitrogens with zero attached hydrogens (tertiary/aromatic N) is 2. The Hall–Kier alpha value is -2.58. The number of carboxylic acid groups (broad SMARTS) is 1. The number of hydrogen-bond acceptors (Lipinski definition) is 3. The highest BCUT2D eigenvalue weighted by atomic mass is 19.4. The fourth-order valence-electron chi connectivity index (χ4n) is 2.67. The Morgan fingerprint density at radius 1 is 1.31 bits per heavy atom. The average Bonchev–Trinajstić information content (AvgIpc) is 2.90. The topological polar surface area (TPSA) is 83.7 Å². The van der Waals surface area contributed by atoms with Gasteiger partial charge in [-0.1, -0.05) is 20.8 Å². The Morgan fingerprint density at radius 3 is 2.46 bits per heavy atom. The predicted molar refractivity (Wildman–Crippen MR) is 87.9 cm³/mol. The number of aromatic nitrogens is 2. The summed E-state index contributed by atoms with van der Waals surface area (Å²) in [5.41, 5.74) is -0.508. The standard InChI is InChI=1S/C17H20F3N3O3/c1-4-11-14(15(24)22-12(16(25)26)7-9(2)3)23-8-10(17(18,19)20)5-6-13(23)21-11/h5-6,8-9,12H,4,7H2,1-3H3,(H,22,24)(H,25,26). The number of nitrogens with one attached hydrogen (secondary N) is 1. The van der Waals surface area contributed by atoms with Crippen LogP contribution in [-0.4, -0.2) is 32.4 Å². The Balaban J connectivity index is 2.48. The van der Waals surface area contributed by atoms with E-state index in [0.29, 0.717) is 12.1 Å². The van der Waals surface area contributed by atoms with Gasteiger partial charge in [-0.15, -0.1) is 0 Å². The molecule has 0 saturated carbocycles. The zero-order chi connectivity index (χ0) is 19.6. The number of amides is 1. The van der Waals surface area contributed by atoms with E-state index in [1.807, 2.05) is 13.8 Å². The van der Waals surface area contributed by atoms with E-state index in [1.165, 1.54) is 6.07 Å². The van der Waals surface area contributed by atoms with Crippen LogP contribution in [0, 0.1) is 5.92 Å². The number of aryl methyl sites for hydroxylation is 1. The van der Waals surface area contributed by atoms with E-state index in [1.54, 1.807) is 6.92 Å². The van der Waals surface area contributed by atoms with E-state index in [9.17, 15) is 27.9 Å². The summed E-state index contributed by atoms with van der Waals surface area (Å²) in [4.78, 5) is 28.2. The number of carbonyl (C=O) groups is 2. The van der Waals surface area contributed by atoms with E-state index in [0.717, 1.165) is 16.7 Å². The van der Waals surface area contributed by atoms with E-state index in [4.69, 9.17) is 0 Å². The molecule has 2 rings (SSSR count). The molecule has 6 nitrogen and oxygen atoms in total. The van der Waals surface area contributed by atoms with Crippen LogP contribution in [0.5, 0.6) is 0 Å². The van der Waals surface area contributed by atoms with Crippen molar-refractivity contribution < 1.29 is 27.9 Å². The van der Waals surface area contributed by atoms with Crippen molar-refractivity contribution in [1.29, 1.82) is 0 Å². The zero-order valence-electron chi connectivity index (χ0n) is 14.6. The van der Waals surface area contributed by atoms with Crippen molar-refractivity contribution in [1.82, 2.24) is 14.7 Å². The molecule has 1 unspecified atom stereocenters. The second kappa shape index (κ2) is 7.35. The second-order valence-electron chi connectivity index (χ2n) is 6.40. The maximum Gasteiger partial charge on any atom is 0.417 e. The highest BCUT2D eigenvalue weighted by Crippen LogP contribution is 2.30. The van der Waals surface area contributed by atoms with E-state index in [-0.39, 0.29) is 23.7 Å². The number of carbonyl (C=O) groups excluding carboxylic acids is 1. The summed E-state index contributed by atoms with van der Waals surface area (Å²) in [6.07, 6.45) is -3.25. The first-order valence-electron chi connectivity index (χ1n) is 8.16. The van der Waals surface area contributed by atoms with Crippen molar-refractivity contribution in [2.24, 2.45) is 5.92 Å². The molecule has 0 saturated heterocycles. The molecular formula is C17H20F3N3O3. The number of imidazole rings is 1. The van der Waals surface area contributed by atoms with Crippen LogP contribution in [0.2, 0.25) is 0 Å². The van der Waals surface area contributed by atoms with Gasteiger partial charge in [-0.05, 0) is 30.9 Å². The second-order valence-corrected chi connectivity index (χ2v) is 6.40. The van der Waals surface area contributed by atoms with Gasteiger partial charge in [0.05, 0.1) is 11.3 Å². The minimum absolute atomic E-state index is 0.0149. The maximum absolute atomic E-state index is 13.0. The number of carboxylic acids is 1. The number of rotatable bonds is 6. The van der Waals surface area contributed by atoms with Gasteiger partial charge >= 0.3 is 12.1 Å². The molecule has 0 bridgehead atoms. The molecule has 0 aliphatic rings. The van der Waals surface area contributed by atoms with Crippen molar-refractivity contribution in [2.45, 2.75) is 45.8 Å². The van der Waals surface area contributed by atoms with Crippen LogP contribution in [0.4, 0.5) is 13.2 Å². The molecule has 0 aliphatic carbocycles. The first kappa shape index (κ1) is 19.7. The third-order valence-electron chi connectivity index (χ3n) is 3.88. The molecule has 1 amide bonds. The predicted octanol–water partition coefficient (Wildman–Crippen LogP) is 3.14. The monoisotopic (exact) mass is 371 g/mol. The third kappa shape index (κ3) is 4.14. The highest BCUT2D eigenvalue weighted by molar-refractivity contribution is 5.97. The molecule has 0 aromatic carbocycles. The summed E-state index contributed by atoms with van der Waals surface area (Å²) < 4.78 is 40.0.